The van der Waals surface area contributed by atoms with Gasteiger partial charge in [0.2, 0.25) is 23.6 Å². The zero-order valence-electron chi connectivity index (χ0n) is 44.9. The van der Waals surface area contributed by atoms with E-state index in [4.69, 9.17) is 11.5 Å². The van der Waals surface area contributed by atoms with Crippen LogP contribution in [0.15, 0.2) is 96.2 Å². The van der Waals surface area contributed by atoms with Crippen molar-refractivity contribution in [2.75, 3.05) is 25.5 Å². The number of nitrogens with zero attached hydrogens (tertiary/aromatic N) is 1. The highest BCUT2D eigenvalue weighted by atomic mass is 32.2. The molecule has 3 aliphatic rings. The number of carbonyl (C=O) groups excluding carboxylic acids is 8. The third-order valence-electron chi connectivity index (χ3n) is 15.5. The molecule has 2 fully saturated rings. The van der Waals surface area contributed by atoms with E-state index >= 15 is 0 Å². The first-order valence-electron chi connectivity index (χ1n) is 27.8. The van der Waals surface area contributed by atoms with Crippen molar-refractivity contribution in [2.24, 2.45) is 34.2 Å². The minimum absolute atomic E-state index is 0.0409. The molecule has 20 heteroatoms. The Hall–Kier alpha value is -7.16. The van der Waals surface area contributed by atoms with Crippen LogP contribution in [0.3, 0.4) is 0 Å². The predicted octanol–water partition coefficient (Wildman–Crippen LogP) is 4.61. The Kier molecular flexibility index (Phi) is 20.6. The van der Waals surface area contributed by atoms with Gasteiger partial charge < -0.3 is 48.0 Å². The second kappa shape index (κ2) is 28.1. The summed E-state index contributed by atoms with van der Waals surface area (Å²) in [5.74, 6) is -5.06. The van der Waals surface area contributed by atoms with Crippen LogP contribution in [-0.4, -0.2) is 124 Å². The maximum absolute atomic E-state index is 14.8. The van der Waals surface area contributed by atoms with E-state index in [1.807, 2.05) is 90.6 Å². The van der Waals surface area contributed by atoms with Crippen LogP contribution in [0.25, 0.3) is 21.8 Å². The highest BCUT2D eigenvalue weighted by Crippen LogP contribution is 2.33. The summed E-state index contributed by atoms with van der Waals surface area (Å²) >= 11 is 1.83. The van der Waals surface area contributed by atoms with Gasteiger partial charge in [-0.1, -0.05) is 80.1 Å². The van der Waals surface area contributed by atoms with Crippen molar-refractivity contribution in [3.05, 3.63) is 108 Å². The summed E-state index contributed by atoms with van der Waals surface area (Å²) in [6.07, 6.45) is 7.55. The van der Waals surface area contributed by atoms with Crippen LogP contribution in [0.5, 0.6) is 0 Å². The maximum Gasteiger partial charge on any atom is 0.315 e. The molecular weight excluding hydrogens is 1020 g/mol. The van der Waals surface area contributed by atoms with Gasteiger partial charge in [-0.25, -0.2) is 4.79 Å². The SMILES string of the molecule is CC(CC(=O)C(Cc1c[nH]c2ccccc12)NC(=O)C(CC(=O)CCCC[C@@H]1SC[C@@H]2NC(=O)N[C@@H]21)CC1=NCNC1)C(=O)NC(Cc1c[nH]c2ccccc12)C(=O)CC(Cc1ccccc1)C(=O)NC(CCCCN)C(N)=O. The fraction of sp³-hybridized carbons (Fsp3) is 0.475. The summed E-state index contributed by atoms with van der Waals surface area (Å²) < 4.78 is 0. The first-order valence-corrected chi connectivity index (χ1v) is 28.8. The zero-order valence-corrected chi connectivity index (χ0v) is 45.7. The standard InChI is InChI=1S/C59H75N11O8S/c1-35(56(75)67-49(28-40-31-64-46-19-9-7-17-44(40)46)52(73)29-37(24-36-13-3-2-4-14-36)57(76)66-47(55(61)74)20-11-12-22-60)23-51(72)48(27-39-30-63-45-18-8-6-16-43(39)45)68-58(77)38(25-41-32-62-34-65-41)26-42(71)15-5-10-21-53-54-50(33-79-53)69-59(78)70-54/h2-4,6-9,13-14,16-19,30-31,35,37-38,47-50,53-54,62-64H,5,10-12,15,20-29,32-34,60H2,1H3,(H2,61,74)(H,66,76)(H,67,75)(H,68,77)(H2,69,70,78)/t35?,37?,38?,47?,48?,49?,50-,53-,54-/m0/s1. The number of primary amides is 1. The molecule has 8 rings (SSSR count). The quantitative estimate of drug-likeness (QED) is 0.0210. The van der Waals surface area contributed by atoms with Gasteiger partial charge in [-0.15, -0.1) is 0 Å². The van der Waals surface area contributed by atoms with Crippen LogP contribution in [0.2, 0.25) is 0 Å². The Morgan fingerprint density at radius 2 is 1.29 bits per heavy atom. The van der Waals surface area contributed by atoms with Crippen LogP contribution in [0, 0.1) is 17.8 Å². The fourth-order valence-corrected chi connectivity index (χ4v) is 12.6. The van der Waals surface area contributed by atoms with Crippen molar-refractivity contribution >= 4 is 86.3 Å². The van der Waals surface area contributed by atoms with E-state index in [9.17, 15) is 38.4 Å². The molecule has 6 amide bonds. The number of aromatic nitrogens is 2. The van der Waals surface area contributed by atoms with Crippen LogP contribution < -0.4 is 43.4 Å². The summed E-state index contributed by atoms with van der Waals surface area (Å²) in [5, 5.41) is 19.9. The Morgan fingerprint density at radius 1 is 0.684 bits per heavy atom. The van der Waals surface area contributed by atoms with Gasteiger partial charge in [-0.3, -0.25) is 43.9 Å². The van der Waals surface area contributed by atoms with Gasteiger partial charge in [-0.05, 0) is 80.3 Å². The lowest BCUT2D eigenvalue weighted by molar-refractivity contribution is -0.135. The van der Waals surface area contributed by atoms with Gasteiger partial charge in [0.05, 0.1) is 36.8 Å². The molecule has 2 saturated heterocycles. The van der Waals surface area contributed by atoms with Gasteiger partial charge in [0.25, 0.3) is 0 Å². The van der Waals surface area contributed by atoms with Crippen molar-refractivity contribution in [2.45, 2.75) is 132 Å². The van der Waals surface area contributed by atoms with Crippen molar-refractivity contribution in [1.82, 2.24) is 41.9 Å². The lowest BCUT2D eigenvalue weighted by Gasteiger charge is -2.25. The van der Waals surface area contributed by atoms with E-state index in [-0.39, 0.29) is 86.9 Å². The number of H-pyrrole nitrogens is 2. The van der Waals surface area contributed by atoms with Crippen molar-refractivity contribution in [3.63, 3.8) is 0 Å². The number of unbranched alkanes of at least 4 members (excludes halogenated alkanes) is 2. The van der Waals surface area contributed by atoms with Crippen molar-refractivity contribution in [1.29, 1.82) is 0 Å². The van der Waals surface area contributed by atoms with Gasteiger partial charge in [-0.2, -0.15) is 11.8 Å². The molecule has 5 aromatic rings. The highest BCUT2D eigenvalue weighted by Gasteiger charge is 2.43. The number of Topliss-reactive ketones (excluding diaryl/α,β-unsaturated/α-hetero) is 3. The Morgan fingerprint density at radius 3 is 1.92 bits per heavy atom. The minimum atomic E-state index is -1.14. The Balaban J connectivity index is 0.979. The average Bonchev–Trinajstić information content (AvgIpc) is 4.31. The largest absolute Gasteiger partial charge is 0.368 e. The number of hydrogen-bond donors (Lipinski definition) is 10. The number of amides is 6. The monoisotopic (exact) mass is 1100 g/mol. The van der Waals surface area contributed by atoms with E-state index < -0.39 is 71.1 Å². The fourth-order valence-electron chi connectivity index (χ4n) is 11.1. The molecule has 6 unspecified atom stereocenters. The summed E-state index contributed by atoms with van der Waals surface area (Å²) in [7, 11) is 0. The average molecular weight is 1100 g/mol. The molecule has 0 bridgehead atoms. The highest BCUT2D eigenvalue weighted by molar-refractivity contribution is 8.00. The van der Waals surface area contributed by atoms with Gasteiger partial charge in [0, 0.05) is 108 Å². The number of fused-ring (bicyclic) bond motifs is 3. The number of benzene rings is 3. The molecule has 0 saturated carbocycles. The molecule has 5 heterocycles. The van der Waals surface area contributed by atoms with Crippen molar-refractivity contribution in [3.8, 4) is 0 Å². The molecule has 3 aliphatic heterocycles. The second-order valence-electron chi connectivity index (χ2n) is 21.4. The van der Waals surface area contributed by atoms with Crippen LogP contribution in [-0.2, 0) is 52.8 Å². The first kappa shape index (κ1) is 58.0. The molecule has 9 atom stereocenters. The number of carbonyl (C=O) groups is 8. The molecule has 420 valence electrons. The number of nitrogens with one attached hydrogen (secondary N) is 8. The van der Waals surface area contributed by atoms with E-state index in [0.717, 1.165) is 62.8 Å². The van der Waals surface area contributed by atoms with Crippen LogP contribution >= 0.6 is 11.8 Å². The summed E-state index contributed by atoms with van der Waals surface area (Å²) in [6, 6.07) is 21.3. The number of urea groups is 1. The molecule has 12 N–H and O–H groups in total. The van der Waals surface area contributed by atoms with Gasteiger partial charge in [0.15, 0.2) is 11.6 Å². The third kappa shape index (κ3) is 16.0. The van der Waals surface area contributed by atoms with E-state index in [1.54, 1.807) is 19.3 Å². The summed E-state index contributed by atoms with van der Waals surface area (Å²) in [4.78, 5) is 122. The number of hydrogen-bond acceptors (Lipinski definition) is 12. The predicted molar refractivity (Wildman–Crippen MR) is 306 cm³/mol. The normalized spacial score (nSPS) is 19.0. The molecule has 19 nitrogen and oxygen atoms in total. The second-order valence-corrected chi connectivity index (χ2v) is 22.7. The molecule has 2 aromatic heterocycles. The summed E-state index contributed by atoms with van der Waals surface area (Å²) in [5.41, 5.74) is 16.2. The van der Waals surface area contributed by atoms with E-state index in [0.29, 0.717) is 39.0 Å². The lowest BCUT2D eigenvalue weighted by atomic mass is 9.88. The number of rotatable bonds is 32. The number of ketones is 3. The number of para-hydroxylation sites is 2. The van der Waals surface area contributed by atoms with Gasteiger partial charge >= 0.3 is 6.03 Å². The van der Waals surface area contributed by atoms with E-state index in [2.05, 4.69) is 46.9 Å². The molecular formula is C59H75N11O8S. The number of nitrogens with two attached hydrogens (primary N) is 2. The third-order valence-corrected chi connectivity index (χ3v) is 17.0. The maximum atomic E-state index is 14.8. The van der Waals surface area contributed by atoms with Crippen molar-refractivity contribution < 1.29 is 38.4 Å². The molecule has 0 spiro atoms. The summed E-state index contributed by atoms with van der Waals surface area (Å²) in [6.45, 7) is 2.89. The number of aromatic amines is 2. The Bertz CT molecular complexity index is 3000. The smallest absolute Gasteiger partial charge is 0.315 e. The number of thioether (sulfide) groups is 1. The zero-order chi connectivity index (χ0) is 55.8. The minimum Gasteiger partial charge on any atom is -0.368 e. The van der Waals surface area contributed by atoms with Gasteiger partial charge in [0.1, 0.15) is 11.8 Å². The van der Waals surface area contributed by atoms with Crippen LogP contribution in [0.4, 0.5) is 4.79 Å². The molecule has 79 heavy (non-hydrogen) atoms. The first-order chi connectivity index (χ1) is 38.2. The number of aliphatic imine (C=N–C) groups is 1. The topological polar surface area (TPSA) is 305 Å². The van der Waals surface area contributed by atoms with E-state index in [1.165, 1.54) is 0 Å². The Labute approximate surface area is 464 Å². The molecule has 0 aliphatic carbocycles. The lowest BCUT2D eigenvalue weighted by Crippen LogP contribution is -2.49. The molecule has 0 radical (unpaired) electrons. The molecule has 3 aromatic carbocycles. The van der Waals surface area contributed by atoms with Crippen LogP contribution in [0.1, 0.15) is 94.2 Å².